The number of aromatic carboxylic acids is 1. The van der Waals surface area contributed by atoms with E-state index in [4.69, 9.17) is 16.0 Å². The lowest BCUT2D eigenvalue weighted by Gasteiger charge is -2.24. The Bertz CT molecular complexity index is 1370. The summed E-state index contributed by atoms with van der Waals surface area (Å²) in [6.07, 6.45) is 1.60. The number of ether oxygens (including phenoxy) is 2. The largest absolute Gasteiger partial charge is 0.478 e. The van der Waals surface area contributed by atoms with Crippen LogP contribution in [0.15, 0.2) is 48.7 Å². The van der Waals surface area contributed by atoms with Crippen LogP contribution in [0, 0.1) is 18.2 Å². The van der Waals surface area contributed by atoms with Crippen molar-refractivity contribution in [2.75, 3.05) is 13.1 Å². The van der Waals surface area contributed by atoms with E-state index < -0.39 is 35.0 Å². The van der Waals surface area contributed by atoms with Crippen LogP contribution in [0.25, 0.3) is 16.0 Å². The molecule has 2 aromatic carbocycles. The van der Waals surface area contributed by atoms with E-state index in [9.17, 15) is 23.5 Å². The van der Waals surface area contributed by atoms with Crippen LogP contribution in [-0.4, -0.2) is 45.3 Å². The minimum atomic E-state index is -1.26. The first kappa shape index (κ1) is 25.7. The Morgan fingerprint density at radius 2 is 1.76 bits per heavy atom. The van der Waals surface area contributed by atoms with Crippen LogP contribution < -0.4 is 4.74 Å². The van der Waals surface area contributed by atoms with Crippen molar-refractivity contribution in [3.63, 3.8) is 0 Å². The van der Waals surface area contributed by atoms with Crippen LogP contribution in [0.3, 0.4) is 0 Å². The van der Waals surface area contributed by atoms with E-state index >= 15 is 0 Å². The standard InChI is InChI=1S/C27H25F2N3O5/c1-27(2,3)37-26(35)31-13-12-17(14-31)32-15-19(22(30-4)23(32)25(33)34)16-8-10-18(11-9-16)36-24-20(28)6-5-7-21(24)29/h5-11,15,17H,12-14H2,1-3H3,(H,33,34)/t17-/m1/s1. The number of carboxylic acid groups (broad SMARTS) is 1. The highest BCUT2D eigenvalue weighted by Crippen LogP contribution is 2.40. The minimum Gasteiger partial charge on any atom is -0.478 e. The Morgan fingerprint density at radius 1 is 1.11 bits per heavy atom. The number of carbonyl (C=O) groups excluding carboxylic acids is 1. The van der Waals surface area contributed by atoms with Crippen molar-refractivity contribution in [3.05, 3.63) is 77.4 Å². The summed E-state index contributed by atoms with van der Waals surface area (Å²) in [5, 5.41) is 9.93. The predicted molar refractivity (Wildman–Crippen MR) is 131 cm³/mol. The molecule has 0 spiro atoms. The van der Waals surface area contributed by atoms with Crippen molar-refractivity contribution in [2.24, 2.45) is 0 Å². The number of halogens is 2. The van der Waals surface area contributed by atoms with E-state index in [0.29, 0.717) is 24.1 Å². The molecule has 1 amide bonds. The molecule has 192 valence electrons. The Hall–Kier alpha value is -4.39. The summed E-state index contributed by atoms with van der Waals surface area (Å²) in [6, 6.07) is 9.15. The Labute approximate surface area is 212 Å². The molecule has 1 aliphatic rings. The molecule has 1 aromatic heterocycles. The molecule has 0 aliphatic carbocycles. The third kappa shape index (κ3) is 5.40. The molecule has 8 nitrogen and oxygen atoms in total. The zero-order chi connectivity index (χ0) is 26.9. The quantitative estimate of drug-likeness (QED) is 0.389. The molecule has 1 N–H and O–H groups in total. The van der Waals surface area contributed by atoms with E-state index in [-0.39, 0.29) is 29.7 Å². The van der Waals surface area contributed by atoms with Crippen LogP contribution in [0.4, 0.5) is 19.3 Å². The molecular formula is C27H25F2N3O5. The van der Waals surface area contributed by atoms with Gasteiger partial charge in [0.05, 0.1) is 12.6 Å². The molecule has 2 heterocycles. The first-order valence-electron chi connectivity index (χ1n) is 11.5. The number of para-hydroxylation sites is 1. The second-order valence-electron chi connectivity index (χ2n) is 9.61. The molecule has 3 aromatic rings. The van der Waals surface area contributed by atoms with Crippen LogP contribution in [0.5, 0.6) is 11.5 Å². The molecule has 0 radical (unpaired) electrons. The Morgan fingerprint density at radius 3 is 2.32 bits per heavy atom. The lowest BCUT2D eigenvalue weighted by atomic mass is 10.1. The SMILES string of the molecule is [C-]#[N+]c1c(-c2ccc(Oc3c(F)cccc3F)cc2)cn([C@@H]2CCN(C(=O)OC(C)(C)C)C2)c1C(=O)O. The van der Waals surface area contributed by atoms with Crippen molar-refractivity contribution in [1.29, 1.82) is 0 Å². The van der Waals surface area contributed by atoms with Crippen LogP contribution >= 0.6 is 0 Å². The van der Waals surface area contributed by atoms with Crippen molar-refractivity contribution >= 4 is 17.7 Å². The molecule has 1 atom stereocenters. The monoisotopic (exact) mass is 509 g/mol. The van der Waals surface area contributed by atoms with Gasteiger partial charge in [-0.1, -0.05) is 18.2 Å². The van der Waals surface area contributed by atoms with E-state index in [2.05, 4.69) is 4.85 Å². The van der Waals surface area contributed by atoms with Gasteiger partial charge in [-0.05, 0) is 57.0 Å². The molecule has 0 unspecified atom stereocenters. The average molecular weight is 510 g/mol. The second-order valence-corrected chi connectivity index (χ2v) is 9.61. The average Bonchev–Trinajstić information content (AvgIpc) is 3.46. The van der Waals surface area contributed by atoms with Crippen molar-refractivity contribution in [2.45, 2.75) is 38.8 Å². The predicted octanol–water partition coefficient (Wildman–Crippen LogP) is 6.66. The summed E-state index contributed by atoms with van der Waals surface area (Å²) >= 11 is 0. The van der Waals surface area contributed by atoms with Gasteiger partial charge in [0.1, 0.15) is 17.0 Å². The summed E-state index contributed by atoms with van der Waals surface area (Å²) in [5.41, 5.74) is 0.0295. The number of benzene rings is 2. The highest BCUT2D eigenvalue weighted by Gasteiger charge is 2.34. The molecule has 1 aliphatic heterocycles. The van der Waals surface area contributed by atoms with E-state index in [1.54, 1.807) is 39.1 Å². The van der Waals surface area contributed by atoms with Crippen LogP contribution in [0.1, 0.15) is 43.7 Å². The molecule has 10 heteroatoms. The number of aromatic nitrogens is 1. The molecule has 0 bridgehead atoms. The second kappa shape index (κ2) is 9.93. The number of hydrogen-bond acceptors (Lipinski definition) is 4. The summed E-state index contributed by atoms with van der Waals surface area (Å²) in [4.78, 5) is 29.7. The van der Waals surface area contributed by atoms with E-state index in [0.717, 1.165) is 12.1 Å². The fourth-order valence-electron chi connectivity index (χ4n) is 4.20. The van der Waals surface area contributed by atoms with Gasteiger partial charge in [0.25, 0.3) is 0 Å². The summed E-state index contributed by atoms with van der Waals surface area (Å²) in [5.74, 6) is -3.33. The fraction of sp³-hybridized carbons (Fsp3) is 0.296. The van der Waals surface area contributed by atoms with E-state index in [1.165, 1.54) is 27.7 Å². The number of amides is 1. The number of carbonyl (C=O) groups is 2. The Balaban J connectivity index is 1.62. The third-order valence-electron chi connectivity index (χ3n) is 5.83. The number of nitrogens with zero attached hydrogens (tertiary/aromatic N) is 3. The maximum Gasteiger partial charge on any atom is 0.410 e. The molecule has 1 fully saturated rings. The molecule has 1 saturated heterocycles. The molecule has 4 rings (SSSR count). The highest BCUT2D eigenvalue weighted by atomic mass is 19.1. The van der Waals surface area contributed by atoms with Crippen molar-refractivity contribution in [3.8, 4) is 22.6 Å². The number of rotatable bonds is 5. The topological polar surface area (TPSA) is 85.4 Å². The molecule has 37 heavy (non-hydrogen) atoms. The third-order valence-corrected chi connectivity index (χ3v) is 5.83. The Kier molecular flexibility index (Phi) is 6.90. The normalized spacial score (nSPS) is 15.4. The summed E-state index contributed by atoms with van der Waals surface area (Å²) in [6.45, 7) is 13.6. The van der Waals surface area contributed by atoms with Gasteiger partial charge in [0.15, 0.2) is 17.4 Å². The van der Waals surface area contributed by atoms with Gasteiger partial charge in [-0.15, -0.1) is 0 Å². The first-order chi connectivity index (χ1) is 17.5. The van der Waals surface area contributed by atoms with Gasteiger partial charge >= 0.3 is 12.1 Å². The summed E-state index contributed by atoms with van der Waals surface area (Å²) in [7, 11) is 0. The lowest BCUT2D eigenvalue weighted by Crippen LogP contribution is -2.35. The first-order valence-corrected chi connectivity index (χ1v) is 11.5. The smallest absolute Gasteiger partial charge is 0.410 e. The maximum absolute atomic E-state index is 13.9. The van der Waals surface area contributed by atoms with Crippen molar-refractivity contribution in [1.82, 2.24) is 9.47 Å². The molecule has 0 saturated carbocycles. The van der Waals surface area contributed by atoms with Crippen molar-refractivity contribution < 1.29 is 33.0 Å². The fourth-order valence-corrected chi connectivity index (χ4v) is 4.20. The number of likely N-dealkylation sites (tertiary alicyclic amines) is 1. The van der Waals surface area contributed by atoms with E-state index in [1.807, 2.05) is 0 Å². The van der Waals surface area contributed by atoms with Gasteiger partial charge < -0.3 is 24.0 Å². The number of carboxylic acids is 1. The zero-order valence-electron chi connectivity index (χ0n) is 20.5. The van der Waals surface area contributed by atoms with Gasteiger partial charge in [-0.2, -0.15) is 0 Å². The van der Waals surface area contributed by atoms with Crippen LogP contribution in [-0.2, 0) is 4.74 Å². The zero-order valence-corrected chi connectivity index (χ0v) is 20.5. The maximum atomic E-state index is 13.9. The van der Waals surface area contributed by atoms with Gasteiger partial charge in [0.2, 0.25) is 5.69 Å². The summed E-state index contributed by atoms with van der Waals surface area (Å²) < 4.78 is 40.1. The van der Waals surface area contributed by atoms with Gasteiger partial charge in [-0.25, -0.2) is 23.2 Å². The number of hydrogen-bond donors (Lipinski definition) is 1. The molecular weight excluding hydrogens is 484 g/mol. The van der Waals surface area contributed by atoms with Gasteiger partial charge in [0, 0.05) is 24.8 Å². The van der Waals surface area contributed by atoms with Crippen LogP contribution in [0.2, 0.25) is 0 Å². The minimum absolute atomic E-state index is 0.0444. The highest BCUT2D eigenvalue weighted by molar-refractivity contribution is 5.99. The lowest BCUT2D eigenvalue weighted by molar-refractivity contribution is 0.0289. The van der Waals surface area contributed by atoms with Gasteiger partial charge in [-0.3, -0.25) is 0 Å².